The Kier molecular flexibility index (Phi) is 4.77. The standard InChI is InChI=1S/C20H22N2O/c1-2-3-13-21-20(23)19-14-17-11-7-8-12-18(17)22(19)15-16-9-5-4-6-10-16/h4-12,14H,2-3,13,15H2,1H3,(H,21,23). The summed E-state index contributed by atoms with van der Waals surface area (Å²) in [7, 11) is 0. The van der Waals surface area contributed by atoms with Gasteiger partial charge in [-0.3, -0.25) is 4.79 Å². The third-order valence-electron chi connectivity index (χ3n) is 4.04. The van der Waals surface area contributed by atoms with E-state index in [0.29, 0.717) is 6.54 Å². The molecule has 1 amide bonds. The Balaban J connectivity index is 1.96. The van der Waals surface area contributed by atoms with Crippen molar-refractivity contribution in [2.75, 3.05) is 6.54 Å². The van der Waals surface area contributed by atoms with E-state index in [9.17, 15) is 4.79 Å². The van der Waals surface area contributed by atoms with Gasteiger partial charge in [0.1, 0.15) is 5.69 Å². The first-order valence-electron chi connectivity index (χ1n) is 8.20. The molecule has 1 N–H and O–H groups in total. The maximum Gasteiger partial charge on any atom is 0.267 e. The normalized spacial score (nSPS) is 10.8. The number of hydrogen-bond acceptors (Lipinski definition) is 1. The number of aromatic nitrogens is 1. The highest BCUT2D eigenvalue weighted by atomic mass is 16.1. The minimum atomic E-state index is 0.00517. The average molecular weight is 306 g/mol. The van der Waals surface area contributed by atoms with Crippen LogP contribution in [0.2, 0.25) is 0 Å². The number of carbonyl (C=O) groups excluding carboxylic acids is 1. The number of benzene rings is 2. The Bertz CT molecular complexity index is 790. The summed E-state index contributed by atoms with van der Waals surface area (Å²) in [6, 6.07) is 20.4. The van der Waals surface area contributed by atoms with Crippen LogP contribution in [0.15, 0.2) is 60.7 Å². The maximum absolute atomic E-state index is 12.6. The number of hydrogen-bond donors (Lipinski definition) is 1. The fourth-order valence-corrected chi connectivity index (χ4v) is 2.80. The van der Waals surface area contributed by atoms with E-state index in [-0.39, 0.29) is 5.91 Å². The first kappa shape index (κ1) is 15.3. The van der Waals surface area contributed by atoms with Crippen LogP contribution in [-0.4, -0.2) is 17.0 Å². The van der Waals surface area contributed by atoms with Gasteiger partial charge in [-0.15, -0.1) is 0 Å². The van der Waals surface area contributed by atoms with Crippen LogP contribution in [0, 0.1) is 0 Å². The van der Waals surface area contributed by atoms with Crippen LogP contribution in [0.25, 0.3) is 10.9 Å². The molecule has 1 aromatic heterocycles. The average Bonchev–Trinajstić information content (AvgIpc) is 2.95. The molecule has 0 aliphatic carbocycles. The number of nitrogens with zero attached hydrogens (tertiary/aromatic N) is 1. The first-order valence-corrected chi connectivity index (χ1v) is 8.20. The summed E-state index contributed by atoms with van der Waals surface area (Å²) in [6.45, 7) is 3.55. The molecule has 0 atom stereocenters. The summed E-state index contributed by atoms with van der Waals surface area (Å²) in [5.41, 5.74) is 3.01. The lowest BCUT2D eigenvalue weighted by molar-refractivity contribution is 0.0945. The second kappa shape index (κ2) is 7.14. The van der Waals surface area contributed by atoms with Gasteiger partial charge in [0, 0.05) is 24.0 Å². The zero-order valence-electron chi connectivity index (χ0n) is 13.5. The second-order valence-electron chi connectivity index (χ2n) is 5.77. The van der Waals surface area contributed by atoms with Crippen LogP contribution >= 0.6 is 0 Å². The smallest absolute Gasteiger partial charge is 0.267 e. The van der Waals surface area contributed by atoms with Crippen molar-refractivity contribution in [3.63, 3.8) is 0 Å². The van der Waals surface area contributed by atoms with E-state index >= 15 is 0 Å². The summed E-state index contributed by atoms with van der Waals surface area (Å²) in [5.74, 6) is 0.00517. The molecular formula is C20H22N2O. The molecule has 1 heterocycles. The van der Waals surface area contributed by atoms with Gasteiger partial charge in [-0.05, 0) is 24.1 Å². The quantitative estimate of drug-likeness (QED) is 0.680. The van der Waals surface area contributed by atoms with Gasteiger partial charge in [0.25, 0.3) is 5.91 Å². The Morgan fingerprint density at radius 1 is 1.04 bits per heavy atom. The van der Waals surface area contributed by atoms with Gasteiger partial charge in [-0.25, -0.2) is 0 Å². The highest BCUT2D eigenvalue weighted by molar-refractivity contribution is 5.98. The van der Waals surface area contributed by atoms with Gasteiger partial charge >= 0.3 is 0 Å². The molecule has 2 aromatic carbocycles. The number of fused-ring (bicyclic) bond motifs is 1. The second-order valence-corrected chi connectivity index (χ2v) is 5.77. The molecule has 0 spiro atoms. The van der Waals surface area contributed by atoms with Crippen LogP contribution < -0.4 is 5.32 Å². The molecule has 118 valence electrons. The number of carbonyl (C=O) groups is 1. The summed E-state index contributed by atoms with van der Waals surface area (Å²) < 4.78 is 2.10. The minimum absolute atomic E-state index is 0.00517. The number of unbranched alkanes of at least 4 members (excludes halogenated alkanes) is 1. The summed E-state index contributed by atoms with van der Waals surface area (Å²) in [5, 5.41) is 4.13. The summed E-state index contributed by atoms with van der Waals surface area (Å²) in [6.07, 6.45) is 2.08. The fourth-order valence-electron chi connectivity index (χ4n) is 2.80. The largest absolute Gasteiger partial charge is 0.351 e. The number of amides is 1. The van der Waals surface area contributed by atoms with Crippen molar-refractivity contribution in [2.24, 2.45) is 0 Å². The van der Waals surface area contributed by atoms with Gasteiger partial charge in [-0.1, -0.05) is 61.9 Å². The van der Waals surface area contributed by atoms with Crippen LogP contribution in [-0.2, 0) is 6.54 Å². The minimum Gasteiger partial charge on any atom is -0.351 e. The van der Waals surface area contributed by atoms with E-state index in [2.05, 4.69) is 41.1 Å². The molecule has 23 heavy (non-hydrogen) atoms. The van der Waals surface area contributed by atoms with Crippen molar-refractivity contribution in [1.29, 1.82) is 0 Å². The Morgan fingerprint density at radius 3 is 2.57 bits per heavy atom. The Hall–Kier alpha value is -2.55. The SMILES string of the molecule is CCCCNC(=O)c1cc2ccccc2n1Cc1ccccc1. The molecule has 0 bridgehead atoms. The molecule has 0 saturated heterocycles. The van der Waals surface area contributed by atoms with Crippen molar-refractivity contribution in [3.05, 3.63) is 71.9 Å². The maximum atomic E-state index is 12.6. The monoisotopic (exact) mass is 306 g/mol. The van der Waals surface area contributed by atoms with Crippen LogP contribution in [0.3, 0.4) is 0 Å². The van der Waals surface area contributed by atoms with Gasteiger partial charge < -0.3 is 9.88 Å². The Labute approximate surface area is 136 Å². The predicted molar refractivity (Wildman–Crippen MR) is 94.7 cm³/mol. The molecule has 3 nitrogen and oxygen atoms in total. The molecule has 0 radical (unpaired) electrons. The molecule has 0 unspecified atom stereocenters. The molecule has 0 aliphatic heterocycles. The molecular weight excluding hydrogens is 284 g/mol. The van der Waals surface area contributed by atoms with E-state index < -0.39 is 0 Å². The third kappa shape index (κ3) is 3.45. The number of nitrogens with one attached hydrogen (secondary N) is 1. The van der Waals surface area contributed by atoms with Crippen molar-refractivity contribution in [3.8, 4) is 0 Å². The van der Waals surface area contributed by atoms with Crippen molar-refractivity contribution in [1.82, 2.24) is 9.88 Å². The lowest BCUT2D eigenvalue weighted by Crippen LogP contribution is -2.26. The van der Waals surface area contributed by atoms with Crippen molar-refractivity contribution in [2.45, 2.75) is 26.3 Å². The highest BCUT2D eigenvalue weighted by Crippen LogP contribution is 2.21. The van der Waals surface area contributed by atoms with E-state index in [1.54, 1.807) is 0 Å². The Morgan fingerprint density at radius 2 is 1.78 bits per heavy atom. The van der Waals surface area contributed by atoms with Gasteiger partial charge in [-0.2, -0.15) is 0 Å². The van der Waals surface area contributed by atoms with Gasteiger partial charge in [0.2, 0.25) is 0 Å². The van der Waals surface area contributed by atoms with E-state index in [1.165, 1.54) is 5.56 Å². The van der Waals surface area contributed by atoms with E-state index in [1.807, 2.05) is 36.4 Å². The molecule has 3 heteroatoms. The first-order chi connectivity index (χ1) is 11.3. The zero-order valence-corrected chi connectivity index (χ0v) is 13.5. The molecule has 0 aliphatic rings. The van der Waals surface area contributed by atoms with Gasteiger partial charge in [0.15, 0.2) is 0 Å². The van der Waals surface area contributed by atoms with Crippen molar-refractivity contribution >= 4 is 16.8 Å². The third-order valence-corrected chi connectivity index (χ3v) is 4.04. The topological polar surface area (TPSA) is 34.0 Å². The van der Waals surface area contributed by atoms with Crippen LogP contribution in [0.4, 0.5) is 0 Å². The molecule has 0 saturated carbocycles. The van der Waals surface area contributed by atoms with Crippen molar-refractivity contribution < 1.29 is 4.79 Å². The van der Waals surface area contributed by atoms with Crippen LogP contribution in [0.1, 0.15) is 35.8 Å². The molecule has 0 fully saturated rings. The number of para-hydroxylation sites is 1. The van der Waals surface area contributed by atoms with E-state index in [0.717, 1.165) is 36.0 Å². The lowest BCUT2D eigenvalue weighted by Gasteiger charge is -2.11. The summed E-state index contributed by atoms with van der Waals surface area (Å²) >= 11 is 0. The predicted octanol–water partition coefficient (Wildman–Crippen LogP) is 4.22. The van der Waals surface area contributed by atoms with E-state index in [4.69, 9.17) is 0 Å². The number of rotatable bonds is 6. The molecule has 3 rings (SSSR count). The highest BCUT2D eigenvalue weighted by Gasteiger charge is 2.15. The van der Waals surface area contributed by atoms with Crippen LogP contribution in [0.5, 0.6) is 0 Å². The summed E-state index contributed by atoms with van der Waals surface area (Å²) in [4.78, 5) is 12.6. The van der Waals surface area contributed by atoms with Gasteiger partial charge in [0.05, 0.1) is 0 Å². The lowest BCUT2D eigenvalue weighted by atomic mass is 10.2. The zero-order chi connectivity index (χ0) is 16.1. The fraction of sp³-hybridized carbons (Fsp3) is 0.250. The molecule has 3 aromatic rings.